The Morgan fingerprint density at radius 2 is 1.93 bits per heavy atom. The molecule has 2 aromatic carbocycles. The van der Waals surface area contributed by atoms with Gasteiger partial charge in [-0.1, -0.05) is 24.3 Å². The van der Waals surface area contributed by atoms with Crippen LogP contribution in [0.3, 0.4) is 0 Å². The first-order valence-electron chi connectivity index (χ1n) is 8.35. The van der Waals surface area contributed by atoms with E-state index in [9.17, 15) is 24.2 Å². The summed E-state index contributed by atoms with van der Waals surface area (Å²) in [6.07, 6.45) is -0.822. The molecule has 3 rings (SSSR count). The highest BCUT2D eigenvalue weighted by Crippen LogP contribution is 2.21. The Morgan fingerprint density at radius 1 is 1.19 bits per heavy atom. The summed E-state index contributed by atoms with van der Waals surface area (Å²) in [6.45, 7) is 0. The number of Topliss-reactive ketones (excluding diaryl/α,β-unsaturated/α-hetero) is 1. The molecule has 142 valence electrons. The number of phenols is 1. The van der Waals surface area contributed by atoms with Crippen molar-refractivity contribution in [3.63, 3.8) is 0 Å². The molecule has 1 aliphatic rings. The molecule has 1 amide bonds. The highest BCUT2D eigenvalue weighted by Gasteiger charge is 2.35. The quantitative estimate of drug-likeness (QED) is 0.560. The van der Waals surface area contributed by atoms with Crippen LogP contribution in [0.4, 0.5) is 4.39 Å². The molecule has 27 heavy (non-hydrogen) atoms. The van der Waals surface area contributed by atoms with Crippen LogP contribution in [0.5, 0.6) is 5.75 Å². The van der Waals surface area contributed by atoms with E-state index in [1.807, 2.05) is 0 Å². The van der Waals surface area contributed by atoms with E-state index in [0.717, 1.165) is 17.3 Å². The molecule has 2 aromatic rings. The number of benzene rings is 2. The standard InChI is InChI=1S/C19H19FN2O4S/c20-13-6-4-11(5-7-13)8-15-17(25)21-19(22-18(15)26)27-10-16(24)12-2-1-3-14(23)9-12/h1-7,9,15,17,19,21,23,25H,8,10H2,(H,22,26). The predicted octanol–water partition coefficient (Wildman–Crippen LogP) is 1.63. The van der Waals surface area contributed by atoms with Crippen molar-refractivity contribution in [1.82, 2.24) is 10.6 Å². The Hall–Kier alpha value is -2.42. The van der Waals surface area contributed by atoms with Gasteiger partial charge in [-0.05, 0) is 36.2 Å². The van der Waals surface area contributed by atoms with Gasteiger partial charge >= 0.3 is 0 Å². The summed E-state index contributed by atoms with van der Waals surface area (Å²) in [5.74, 6) is -1.54. The molecule has 8 heteroatoms. The van der Waals surface area contributed by atoms with Crippen LogP contribution in [0, 0.1) is 11.7 Å². The first-order valence-corrected chi connectivity index (χ1v) is 9.40. The van der Waals surface area contributed by atoms with E-state index in [-0.39, 0.29) is 35.4 Å². The van der Waals surface area contributed by atoms with Crippen LogP contribution in [0.1, 0.15) is 15.9 Å². The number of carbonyl (C=O) groups excluding carboxylic acids is 2. The molecule has 4 N–H and O–H groups in total. The van der Waals surface area contributed by atoms with Crippen molar-refractivity contribution < 1.29 is 24.2 Å². The monoisotopic (exact) mass is 390 g/mol. The van der Waals surface area contributed by atoms with E-state index in [4.69, 9.17) is 0 Å². The van der Waals surface area contributed by atoms with Crippen LogP contribution in [0.25, 0.3) is 0 Å². The van der Waals surface area contributed by atoms with Crippen molar-refractivity contribution in [2.24, 2.45) is 5.92 Å². The lowest BCUT2D eigenvalue weighted by molar-refractivity contribution is -0.133. The van der Waals surface area contributed by atoms with E-state index in [1.165, 1.54) is 24.3 Å². The van der Waals surface area contributed by atoms with Gasteiger partial charge in [0.1, 0.15) is 23.3 Å². The lowest BCUT2D eigenvalue weighted by atomic mass is 9.95. The third-order valence-corrected chi connectivity index (χ3v) is 5.25. The van der Waals surface area contributed by atoms with Crippen molar-refractivity contribution >= 4 is 23.5 Å². The maximum atomic E-state index is 13.0. The summed E-state index contributed by atoms with van der Waals surface area (Å²) < 4.78 is 13.0. The molecule has 0 bridgehead atoms. The smallest absolute Gasteiger partial charge is 0.229 e. The second-order valence-corrected chi connectivity index (χ2v) is 7.32. The van der Waals surface area contributed by atoms with Crippen molar-refractivity contribution in [3.05, 3.63) is 65.5 Å². The molecule has 6 nitrogen and oxygen atoms in total. The van der Waals surface area contributed by atoms with Crippen LogP contribution < -0.4 is 10.6 Å². The average Bonchev–Trinajstić information content (AvgIpc) is 2.64. The van der Waals surface area contributed by atoms with Gasteiger partial charge in [0.25, 0.3) is 0 Å². The van der Waals surface area contributed by atoms with Gasteiger partial charge in [0.05, 0.1) is 11.7 Å². The summed E-state index contributed by atoms with van der Waals surface area (Å²) >= 11 is 1.14. The summed E-state index contributed by atoms with van der Waals surface area (Å²) in [5.41, 5.74) is 0.500. The van der Waals surface area contributed by atoms with Gasteiger partial charge in [-0.2, -0.15) is 0 Å². The molecule has 0 spiro atoms. The number of hydrogen-bond donors (Lipinski definition) is 4. The van der Waals surface area contributed by atoms with Crippen LogP contribution in [-0.2, 0) is 11.2 Å². The predicted molar refractivity (Wildman–Crippen MR) is 99.6 cm³/mol. The largest absolute Gasteiger partial charge is 0.508 e. The van der Waals surface area contributed by atoms with E-state index in [1.54, 1.807) is 24.3 Å². The third-order valence-electron chi connectivity index (χ3n) is 4.23. The third kappa shape index (κ3) is 5.06. The minimum atomic E-state index is -1.09. The molecular weight excluding hydrogens is 371 g/mol. The maximum Gasteiger partial charge on any atom is 0.229 e. The van der Waals surface area contributed by atoms with Crippen molar-refractivity contribution in [2.45, 2.75) is 18.1 Å². The molecule has 1 heterocycles. The number of phenolic OH excluding ortho intramolecular Hbond substituents is 1. The molecule has 0 aliphatic carbocycles. The zero-order valence-electron chi connectivity index (χ0n) is 14.3. The molecule has 0 radical (unpaired) electrons. The summed E-state index contributed by atoms with van der Waals surface area (Å²) in [5, 5.41) is 25.3. The fraction of sp³-hybridized carbons (Fsp3) is 0.263. The zero-order valence-corrected chi connectivity index (χ0v) is 15.1. The number of nitrogens with one attached hydrogen (secondary N) is 2. The summed E-state index contributed by atoms with van der Waals surface area (Å²) in [4.78, 5) is 24.5. The number of amides is 1. The van der Waals surface area contributed by atoms with E-state index in [0.29, 0.717) is 5.56 Å². The summed E-state index contributed by atoms with van der Waals surface area (Å²) in [6, 6.07) is 11.8. The second-order valence-electron chi connectivity index (χ2n) is 6.22. The number of aliphatic hydroxyl groups is 1. The Labute approximate surface area is 159 Å². The molecule has 3 unspecified atom stereocenters. The van der Waals surface area contributed by atoms with E-state index in [2.05, 4.69) is 10.6 Å². The number of aliphatic hydroxyl groups excluding tert-OH is 1. The van der Waals surface area contributed by atoms with Crippen molar-refractivity contribution in [3.8, 4) is 5.75 Å². The van der Waals surface area contributed by atoms with E-state index < -0.39 is 17.6 Å². The molecule has 1 saturated heterocycles. The van der Waals surface area contributed by atoms with Crippen LogP contribution in [0.15, 0.2) is 48.5 Å². The summed E-state index contributed by atoms with van der Waals surface area (Å²) in [7, 11) is 0. The molecule has 1 fully saturated rings. The number of rotatable bonds is 6. The first kappa shape index (κ1) is 19.3. The number of halogens is 1. The van der Waals surface area contributed by atoms with Crippen molar-refractivity contribution in [1.29, 1.82) is 0 Å². The number of aromatic hydroxyl groups is 1. The van der Waals surface area contributed by atoms with Gasteiger partial charge in [0, 0.05) is 5.56 Å². The van der Waals surface area contributed by atoms with Gasteiger partial charge in [0.15, 0.2) is 5.78 Å². The van der Waals surface area contributed by atoms with Crippen LogP contribution >= 0.6 is 11.8 Å². The van der Waals surface area contributed by atoms with Gasteiger partial charge in [0.2, 0.25) is 5.91 Å². The SMILES string of the molecule is O=C(CSC1NC(=O)C(Cc2ccc(F)cc2)C(O)N1)c1cccc(O)c1. The Kier molecular flexibility index (Phi) is 6.10. The van der Waals surface area contributed by atoms with E-state index >= 15 is 0 Å². The fourth-order valence-electron chi connectivity index (χ4n) is 2.78. The molecular formula is C19H19FN2O4S. The minimum absolute atomic E-state index is 0.00833. The lowest BCUT2D eigenvalue weighted by Gasteiger charge is -2.34. The Morgan fingerprint density at radius 3 is 2.59 bits per heavy atom. The van der Waals surface area contributed by atoms with Crippen molar-refractivity contribution in [2.75, 3.05) is 5.75 Å². The molecule has 1 aliphatic heterocycles. The number of ketones is 1. The number of carbonyl (C=O) groups is 2. The number of hydrogen-bond acceptors (Lipinski definition) is 6. The lowest BCUT2D eigenvalue weighted by Crippen LogP contribution is -2.60. The average molecular weight is 390 g/mol. The molecule has 0 aromatic heterocycles. The normalized spacial score (nSPS) is 22.3. The van der Waals surface area contributed by atoms with Gasteiger partial charge in [-0.25, -0.2) is 4.39 Å². The maximum absolute atomic E-state index is 13.0. The highest BCUT2D eigenvalue weighted by atomic mass is 32.2. The van der Waals surface area contributed by atoms with Gasteiger partial charge in [-0.15, -0.1) is 11.8 Å². The first-order chi connectivity index (χ1) is 12.9. The van der Waals surface area contributed by atoms with Crippen LogP contribution in [0.2, 0.25) is 0 Å². The highest BCUT2D eigenvalue weighted by molar-refractivity contribution is 8.00. The topological polar surface area (TPSA) is 98.7 Å². The number of thioether (sulfide) groups is 1. The Bertz CT molecular complexity index is 831. The fourth-order valence-corrected chi connectivity index (χ4v) is 3.70. The van der Waals surface area contributed by atoms with Gasteiger partial charge in [-0.3, -0.25) is 14.9 Å². The Balaban J connectivity index is 1.54. The molecule has 3 atom stereocenters. The van der Waals surface area contributed by atoms with Gasteiger partial charge < -0.3 is 15.5 Å². The second kappa shape index (κ2) is 8.51. The zero-order chi connectivity index (χ0) is 19.4. The van der Waals surface area contributed by atoms with Crippen LogP contribution in [-0.4, -0.2) is 39.4 Å². The minimum Gasteiger partial charge on any atom is -0.508 e. The molecule has 0 saturated carbocycles.